The molecular formula is C13H12BrN3O2S2. The summed E-state index contributed by atoms with van der Waals surface area (Å²) >= 11 is 8.20. The van der Waals surface area contributed by atoms with E-state index in [0.29, 0.717) is 10.2 Å². The first kappa shape index (κ1) is 15.9. The number of rotatable bonds is 4. The quantitative estimate of drug-likeness (QED) is 0.789. The van der Waals surface area contributed by atoms with E-state index >= 15 is 0 Å². The largest absolute Gasteiger partial charge is 0.388 e. The molecule has 1 aromatic carbocycles. The Balaban J connectivity index is 2.49. The van der Waals surface area contributed by atoms with E-state index in [1.165, 1.54) is 18.3 Å². The molecule has 2 rings (SSSR count). The van der Waals surface area contributed by atoms with Crippen LogP contribution in [-0.4, -0.2) is 18.4 Å². The van der Waals surface area contributed by atoms with Crippen LogP contribution in [0.1, 0.15) is 11.3 Å². The smallest absolute Gasteiger partial charge is 0.264 e. The van der Waals surface area contributed by atoms with Crippen molar-refractivity contribution in [1.29, 1.82) is 0 Å². The first-order chi connectivity index (χ1) is 9.83. The first-order valence-corrected chi connectivity index (χ1v) is 8.54. The third-order valence-electron chi connectivity index (χ3n) is 2.73. The molecule has 110 valence electrons. The van der Waals surface area contributed by atoms with Crippen LogP contribution < -0.4 is 10.5 Å². The lowest BCUT2D eigenvalue weighted by atomic mass is 10.2. The summed E-state index contributed by atoms with van der Waals surface area (Å²) in [6, 6.07) is 8.21. The van der Waals surface area contributed by atoms with Crippen LogP contribution in [0.3, 0.4) is 0 Å². The minimum absolute atomic E-state index is 0.0501. The number of hydrogen-bond donors (Lipinski definition) is 2. The molecule has 0 aliphatic rings. The maximum absolute atomic E-state index is 12.5. The van der Waals surface area contributed by atoms with Crippen molar-refractivity contribution < 1.29 is 8.42 Å². The third-order valence-corrected chi connectivity index (χ3v) is 5.37. The Labute approximate surface area is 136 Å². The van der Waals surface area contributed by atoms with E-state index in [2.05, 4.69) is 25.6 Å². The second-order valence-electron chi connectivity index (χ2n) is 4.26. The Kier molecular flexibility index (Phi) is 4.60. The third kappa shape index (κ3) is 3.39. The molecule has 0 unspecified atom stereocenters. The van der Waals surface area contributed by atoms with E-state index in [1.807, 2.05) is 13.0 Å². The molecule has 0 aliphatic carbocycles. The topological polar surface area (TPSA) is 85.1 Å². The summed E-state index contributed by atoms with van der Waals surface area (Å²) in [7, 11) is -3.84. The van der Waals surface area contributed by atoms with E-state index in [1.54, 1.807) is 12.1 Å². The maximum Gasteiger partial charge on any atom is 0.264 e. The first-order valence-electron chi connectivity index (χ1n) is 5.85. The fourth-order valence-corrected chi connectivity index (χ4v) is 3.68. The second-order valence-corrected chi connectivity index (χ2v) is 7.14. The van der Waals surface area contributed by atoms with Crippen molar-refractivity contribution in [3.8, 4) is 0 Å². The molecule has 1 aromatic heterocycles. The molecule has 2 aromatic rings. The number of pyridine rings is 1. The lowest BCUT2D eigenvalue weighted by Gasteiger charge is -2.13. The van der Waals surface area contributed by atoms with Crippen LogP contribution in [0.2, 0.25) is 0 Å². The van der Waals surface area contributed by atoms with Crippen molar-refractivity contribution in [1.82, 2.24) is 4.98 Å². The van der Waals surface area contributed by atoms with Gasteiger partial charge in [0.05, 0.1) is 5.69 Å². The SMILES string of the molecule is Cc1cccc(NS(=O)(=O)c2cccnc2C(N)=S)c1Br. The fourth-order valence-electron chi connectivity index (χ4n) is 1.72. The zero-order valence-electron chi connectivity index (χ0n) is 11.0. The van der Waals surface area contributed by atoms with Gasteiger partial charge in [-0.05, 0) is 46.6 Å². The summed E-state index contributed by atoms with van der Waals surface area (Å²) in [5.74, 6) is 0. The monoisotopic (exact) mass is 385 g/mol. The number of aromatic nitrogens is 1. The number of nitrogens with zero attached hydrogens (tertiary/aromatic N) is 1. The Morgan fingerprint density at radius 3 is 2.71 bits per heavy atom. The molecule has 21 heavy (non-hydrogen) atoms. The van der Waals surface area contributed by atoms with E-state index in [-0.39, 0.29) is 15.6 Å². The van der Waals surface area contributed by atoms with Crippen LogP contribution in [0.4, 0.5) is 5.69 Å². The van der Waals surface area contributed by atoms with Crippen LogP contribution in [-0.2, 0) is 10.0 Å². The molecule has 3 N–H and O–H groups in total. The van der Waals surface area contributed by atoms with Gasteiger partial charge in [-0.2, -0.15) is 0 Å². The summed E-state index contributed by atoms with van der Waals surface area (Å²) in [6.45, 7) is 1.87. The minimum atomic E-state index is -3.84. The Hall–Kier alpha value is -1.51. The molecule has 0 fully saturated rings. The van der Waals surface area contributed by atoms with Gasteiger partial charge >= 0.3 is 0 Å². The van der Waals surface area contributed by atoms with Crippen LogP contribution in [0.25, 0.3) is 0 Å². The number of nitrogens with one attached hydrogen (secondary N) is 1. The van der Waals surface area contributed by atoms with Gasteiger partial charge in [-0.25, -0.2) is 8.42 Å². The summed E-state index contributed by atoms with van der Waals surface area (Å²) < 4.78 is 28.2. The summed E-state index contributed by atoms with van der Waals surface area (Å²) in [5, 5.41) is 0. The molecule has 0 radical (unpaired) electrons. The normalized spacial score (nSPS) is 11.1. The molecular weight excluding hydrogens is 374 g/mol. The van der Waals surface area contributed by atoms with Gasteiger partial charge in [0.15, 0.2) is 0 Å². The number of anilines is 1. The molecule has 0 aliphatic heterocycles. The molecule has 0 saturated heterocycles. The van der Waals surface area contributed by atoms with Crippen LogP contribution in [0.15, 0.2) is 45.9 Å². The van der Waals surface area contributed by atoms with Crippen LogP contribution in [0, 0.1) is 6.92 Å². The van der Waals surface area contributed by atoms with Gasteiger partial charge in [0.25, 0.3) is 10.0 Å². The van der Waals surface area contributed by atoms with Gasteiger partial charge in [0.1, 0.15) is 15.6 Å². The maximum atomic E-state index is 12.5. The molecule has 0 spiro atoms. The molecule has 5 nitrogen and oxygen atoms in total. The molecule has 0 amide bonds. The number of sulfonamides is 1. The van der Waals surface area contributed by atoms with E-state index < -0.39 is 10.0 Å². The van der Waals surface area contributed by atoms with Crippen molar-refractivity contribution in [2.45, 2.75) is 11.8 Å². The van der Waals surface area contributed by atoms with E-state index in [0.717, 1.165) is 5.56 Å². The van der Waals surface area contributed by atoms with E-state index in [4.69, 9.17) is 18.0 Å². The number of thiocarbonyl (C=S) groups is 1. The van der Waals surface area contributed by atoms with Crippen LogP contribution in [0.5, 0.6) is 0 Å². The van der Waals surface area contributed by atoms with Crippen molar-refractivity contribution in [3.05, 3.63) is 52.3 Å². The number of benzene rings is 1. The van der Waals surface area contributed by atoms with Crippen LogP contribution >= 0.6 is 28.1 Å². The predicted molar refractivity (Wildman–Crippen MR) is 89.8 cm³/mol. The Morgan fingerprint density at radius 2 is 2.05 bits per heavy atom. The minimum Gasteiger partial charge on any atom is -0.388 e. The highest BCUT2D eigenvalue weighted by Crippen LogP contribution is 2.28. The van der Waals surface area contributed by atoms with Gasteiger partial charge in [-0.1, -0.05) is 24.4 Å². The average Bonchev–Trinajstić information content (AvgIpc) is 2.44. The summed E-state index contributed by atoms with van der Waals surface area (Å²) in [5.41, 5.74) is 6.95. The molecule has 1 heterocycles. The highest BCUT2D eigenvalue weighted by molar-refractivity contribution is 9.10. The molecule has 8 heteroatoms. The summed E-state index contributed by atoms with van der Waals surface area (Å²) in [4.78, 5) is 3.81. The van der Waals surface area contributed by atoms with Gasteiger partial charge in [-0.3, -0.25) is 9.71 Å². The van der Waals surface area contributed by atoms with Gasteiger partial charge < -0.3 is 5.73 Å². The highest BCUT2D eigenvalue weighted by atomic mass is 79.9. The lowest BCUT2D eigenvalue weighted by molar-refractivity contribution is 0.600. The van der Waals surface area contributed by atoms with Crippen molar-refractivity contribution >= 4 is 48.8 Å². The fraction of sp³-hybridized carbons (Fsp3) is 0.0769. The second kappa shape index (κ2) is 6.08. The summed E-state index contributed by atoms with van der Waals surface area (Å²) in [6.07, 6.45) is 1.44. The van der Waals surface area contributed by atoms with Gasteiger partial charge in [0, 0.05) is 10.7 Å². The number of nitrogens with two attached hydrogens (primary N) is 1. The van der Waals surface area contributed by atoms with Gasteiger partial charge in [0.2, 0.25) is 0 Å². The molecule has 0 bridgehead atoms. The number of halogens is 1. The average molecular weight is 386 g/mol. The standard InChI is InChI=1S/C13H12BrN3O2S2/c1-8-4-2-5-9(11(8)14)17-21(18,19)10-6-3-7-16-12(10)13(15)20/h2-7,17H,1H3,(H2,15,20). The Bertz CT molecular complexity index is 807. The predicted octanol–water partition coefficient (Wildman–Crippen LogP) is 2.59. The van der Waals surface area contributed by atoms with Crippen molar-refractivity contribution in [2.75, 3.05) is 4.72 Å². The van der Waals surface area contributed by atoms with Crippen molar-refractivity contribution in [3.63, 3.8) is 0 Å². The highest BCUT2D eigenvalue weighted by Gasteiger charge is 2.21. The van der Waals surface area contributed by atoms with Crippen molar-refractivity contribution in [2.24, 2.45) is 5.73 Å². The molecule has 0 saturated carbocycles. The number of hydrogen-bond acceptors (Lipinski definition) is 4. The van der Waals surface area contributed by atoms with Gasteiger partial charge in [-0.15, -0.1) is 0 Å². The van der Waals surface area contributed by atoms with E-state index in [9.17, 15) is 8.42 Å². The lowest BCUT2D eigenvalue weighted by Crippen LogP contribution is -2.21. The molecule has 0 atom stereocenters. The number of aryl methyl sites for hydroxylation is 1. The zero-order chi connectivity index (χ0) is 15.6. The Morgan fingerprint density at radius 1 is 1.33 bits per heavy atom. The zero-order valence-corrected chi connectivity index (χ0v) is 14.2.